The molecular weight excluding hydrogens is 356 g/mol. The van der Waals surface area contributed by atoms with Gasteiger partial charge in [-0.3, -0.25) is 14.9 Å². The van der Waals surface area contributed by atoms with E-state index < -0.39 is 4.92 Å². The number of nitro groups is 1. The summed E-state index contributed by atoms with van der Waals surface area (Å²) >= 11 is 4.71. The van der Waals surface area contributed by atoms with Gasteiger partial charge in [0.1, 0.15) is 5.69 Å². The molecule has 0 aliphatic rings. The summed E-state index contributed by atoms with van der Waals surface area (Å²) in [6.07, 6.45) is 0. The molecule has 5 nitrogen and oxygen atoms in total. The monoisotopic (exact) mass is 366 g/mol. The predicted octanol–water partition coefficient (Wildman–Crippen LogP) is 4.09. The van der Waals surface area contributed by atoms with Gasteiger partial charge in [0.05, 0.1) is 10.7 Å². The Labute approximate surface area is 134 Å². The Morgan fingerprint density at radius 1 is 1.19 bits per heavy atom. The van der Waals surface area contributed by atoms with Gasteiger partial charge in [-0.05, 0) is 30.3 Å². The molecule has 0 saturated carbocycles. The number of benzene rings is 2. The zero-order valence-electron chi connectivity index (χ0n) is 10.8. The molecule has 1 amide bonds. The van der Waals surface area contributed by atoms with Gasteiger partial charge < -0.3 is 5.32 Å². The average molecular weight is 367 g/mol. The highest BCUT2D eigenvalue weighted by Gasteiger charge is 2.14. The maximum Gasteiger partial charge on any atom is 0.292 e. The highest BCUT2D eigenvalue weighted by atomic mass is 79.9. The summed E-state index contributed by atoms with van der Waals surface area (Å²) in [4.78, 5) is 23.2. The molecule has 2 aromatic carbocycles. The topological polar surface area (TPSA) is 72.2 Å². The average Bonchev–Trinajstić information content (AvgIpc) is 2.47. The Hall–Kier alpha value is -1.86. The van der Waals surface area contributed by atoms with Gasteiger partial charge in [0.2, 0.25) is 5.91 Å². The molecule has 0 heterocycles. The van der Waals surface area contributed by atoms with Gasteiger partial charge in [0.15, 0.2) is 0 Å². The number of halogens is 1. The fourth-order valence-corrected chi connectivity index (χ4v) is 2.57. The van der Waals surface area contributed by atoms with Crippen molar-refractivity contribution >= 4 is 45.0 Å². The van der Waals surface area contributed by atoms with E-state index in [9.17, 15) is 14.9 Å². The maximum atomic E-state index is 11.9. The summed E-state index contributed by atoms with van der Waals surface area (Å²) in [5.41, 5.74) is 0.100. The molecule has 2 aromatic rings. The van der Waals surface area contributed by atoms with Crippen LogP contribution in [0.25, 0.3) is 0 Å². The van der Waals surface area contributed by atoms with Crippen molar-refractivity contribution in [1.29, 1.82) is 0 Å². The third-order valence-electron chi connectivity index (χ3n) is 2.56. The van der Waals surface area contributed by atoms with Crippen molar-refractivity contribution < 1.29 is 9.72 Å². The molecule has 1 N–H and O–H groups in total. The van der Waals surface area contributed by atoms with Crippen molar-refractivity contribution in [3.63, 3.8) is 0 Å². The van der Waals surface area contributed by atoms with Crippen LogP contribution >= 0.6 is 27.7 Å². The SMILES string of the molecule is O=C(CSc1ccc(Br)cc1)Nc1ccccc1[N+](=O)[O-]. The number of nitrogens with zero attached hydrogens (tertiary/aromatic N) is 1. The highest BCUT2D eigenvalue weighted by Crippen LogP contribution is 2.24. The Kier molecular flexibility index (Phi) is 5.35. The van der Waals surface area contributed by atoms with E-state index >= 15 is 0 Å². The van der Waals surface area contributed by atoms with Crippen LogP contribution in [0.4, 0.5) is 11.4 Å². The highest BCUT2D eigenvalue weighted by molar-refractivity contribution is 9.10. The third-order valence-corrected chi connectivity index (χ3v) is 4.10. The molecule has 7 heteroatoms. The molecular formula is C14H11BrN2O3S. The van der Waals surface area contributed by atoms with Gasteiger partial charge in [0, 0.05) is 15.4 Å². The van der Waals surface area contributed by atoms with Crippen LogP contribution in [-0.2, 0) is 4.79 Å². The lowest BCUT2D eigenvalue weighted by Gasteiger charge is -2.06. The fourth-order valence-electron chi connectivity index (χ4n) is 1.60. The molecule has 0 aliphatic heterocycles. The molecule has 0 aliphatic carbocycles. The number of anilines is 1. The van der Waals surface area contributed by atoms with Crippen LogP contribution in [0.2, 0.25) is 0 Å². The summed E-state index contributed by atoms with van der Waals surface area (Å²) in [6.45, 7) is 0. The van der Waals surface area contributed by atoms with Gasteiger partial charge in [-0.2, -0.15) is 0 Å². The van der Waals surface area contributed by atoms with E-state index in [1.807, 2.05) is 24.3 Å². The Morgan fingerprint density at radius 3 is 2.52 bits per heavy atom. The van der Waals surface area contributed by atoms with E-state index in [-0.39, 0.29) is 23.0 Å². The smallest absolute Gasteiger partial charge is 0.292 e. The Balaban J connectivity index is 1.96. The van der Waals surface area contributed by atoms with E-state index in [0.717, 1.165) is 9.37 Å². The van der Waals surface area contributed by atoms with Gasteiger partial charge >= 0.3 is 0 Å². The molecule has 0 fully saturated rings. The normalized spacial score (nSPS) is 10.1. The lowest BCUT2D eigenvalue weighted by atomic mass is 10.2. The minimum atomic E-state index is -0.516. The molecule has 21 heavy (non-hydrogen) atoms. The lowest BCUT2D eigenvalue weighted by Crippen LogP contribution is -2.15. The van der Waals surface area contributed by atoms with Gasteiger partial charge in [-0.1, -0.05) is 28.1 Å². The summed E-state index contributed by atoms with van der Waals surface area (Å²) in [5.74, 6) is -0.0922. The van der Waals surface area contributed by atoms with Gasteiger partial charge in [0.25, 0.3) is 5.69 Å². The number of carbonyl (C=O) groups excluding carboxylic acids is 1. The number of thioether (sulfide) groups is 1. The second-order valence-corrected chi connectivity index (χ2v) is 6.03. The molecule has 108 valence electrons. The lowest BCUT2D eigenvalue weighted by molar-refractivity contribution is -0.383. The van der Waals surface area contributed by atoms with Crippen molar-refractivity contribution in [2.24, 2.45) is 0 Å². The number of carbonyl (C=O) groups is 1. The van der Waals surface area contributed by atoms with Gasteiger partial charge in [-0.15, -0.1) is 11.8 Å². The number of amides is 1. The van der Waals surface area contributed by atoms with Crippen LogP contribution in [0.15, 0.2) is 57.9 Å². The van der Waals surface area contributed by atoms with Crippen molar-refractivity contribution in [2.75, 3.05) is 11.1 Å². The largest absolute Gasteiger partial charge is 0.320 e. The van der Waals surface area contributed by atoms with Gasteiger partial charge in [-0.25, -0.2) is 0 Å². The second kappa shape index (κ2) is 7.24. The quantitative estimate of drug-likeness (QED) is 0.491. The molecule has 0 radical (unpaired) electrons. The zero-order chi connectivity index (χ0) is 15.2. The van der Waals surface area contributed by atoms with Crippen LogP contribution in [0.1, 0.15) is 0 Å². The summed E-state index contributed by atoms with van der Waals surface area (Å²) in [7, 11) is 0. The van der Waals surface area contributed by atoms with E-state index in [4.69, 9.17) is 0 Å². The van der Waals surface area contributed by atoms with E-state index in [1.54, 1.807) is 12.1 Å². The first-order valence-corrected chi connectivity index (χ1v) is 7.76. The standard InChI is InChI=1S/C14H11BrN2O3S/c15-10-5-7-11(8-6-10)21-9-14(18)16-12-3-1-2-4-13(12)17(19)20/h1-8H,9H2,(H,16,18). The number of hydrogen-bond donors (Lipinski definition) is 1. The second-order valence-electron chi connectivity index (χ2n) is 4.07. The number of para-hydroxylation sites is 2. The summed E-state index contributed by atoms with van der Waals surface area (Å²) in [6, 6.07) is 13.7. The first kappa shape index (κ1) is 15.5. The minimum absolute atomic E-state index is 0.112. The van der Waals surface area contributed by atoms with Crippen molar-refractivity contribution in [1.82, 2.24) is 0 Å². The minimum Gasteiger partial charge on any atom is -0.320 e. The van der Waals surface area contributed by atoms with Crippen molar-refractivity contribution in [3.05, 3.63) is 63.1 Å². The van der Waals surface area contributed by atoms with Crippen LogP contribution in [0.3, 0.4) is 0 Å². The maximum absolute atomic E-state index is 11.9. The Bertz CT molecular complexity index is 662. The molecule has 2 rings (SSSR count). The number of nitrogens with one attached hydrogen (secondary N) is 1. The van der Waals surface area contributed by atoms with E-state index in [0.29, 0.717) is 0 Å². The zero-order valence-corrected chi connectivity index (χ0v) is 13.2. The predicted molar refractivity (Wildman–Crippen MR) is 86.6 cm³/mol. The van der Waals surface area contributed by atoms with Crippen LogP contribution in [-0.4, -0.2) is 16.6 Å². The molecule has 0 spiro atoms. The molecule has 0 saturated heterocycles. The van der Waals surface area contributed by atoms with Crippen molar-refractivity contribution in [3.8, 4) is 0 Å². The summed E-state index contributed by atoms with van der Waals surface area (Å²) < 4.78 is 0.969. The van der Waals surface area contributed by atoms with Crippen molar-refractivity contribution in [2.45, 2.75) is 4.90 Å². The van der Waals surface area contributed by atoms with E-state index in [2.05, 4.69) is 21.2 Å². The number of rotatable bonds is 5. The third kappa shape index (κ3) is 4.57. The van der Waals surface area contributed by atoms with Crippen LogP contribution in [0.5, 0.6) is 0 Å². The number of nitro benzene ring substituents is 1. The summed E-state index contributed by atoms with van der Waals surface area (Å²) in [5, 5.41) is 13.4. The first-order valence-electron chi connectivity index (χ1n) is 5.98. The number of hydrogen-bond acceptors (Lipinski definition) is 4. The molecule has 0 aromatic heterocycles. The molecule has 0 bridgehead atoms. The first-order chi connectivity index (χ1) is 10.1. The van der Waals surface area contributed by atoms with E-state index in [1.165, 1.54) is 23.9 Å². The molecule has 0 atom stereocenters. The molecule has 0 unspecified atom stereocenters. The van der Waals surface area contributed by atoms with Crippen LogP contribution < -0.4 is 5.32 Å². The van der Waals surface area contributed by atoms with Crippen LogP contribution in [0, 0.1) is 10.1 Å². The fraction of sp³-hybridized carbons (Fsp3) is 0.0714. The Morgan fingerprint density at radius 2 is 1.86 bits per heavy atom.